The Morgan fingerprint density at radius 3 is 2.64 bits per heavy atom. The smallest absolute Gasteiger partial charge is 0.225 e. The highest BCUT2D eigenvalue weighted by molar-refractivity contribution is 5.62. The van der Waals surface area contributed by atoms with Crippen molar-refractivity contribution in [1.29, 1.82) is 0 Å². The minimum absolute atomic E-state index is 0.341. The molecule has 2 aromatic rings. The molecule has 0 saturated heterocycles. The molecular formula is C19H26N6. The molecule has 2 saturated carbocycles. The Morgan fingerprint density at radius 1 is 1.08 bits per heavy atom. The Hall–Kier alpha value is -2.24. The standard InChI is InChI=1S/C19H26N6/c1-25(14-5-3-2-4-6-14)19-21-10-9-16(24-19)15-12-22-18(20)23-17(15)11-13-7-8-13/h9-10,12-14H,2-8,11H2,1H3,(H2,20,22,23). The van der Waals surface area contributed by atoms with Gasteiger partial charge in [-0.15, -0.1) is 0 Å². The number of hydrogen-bond donors (Lipinski definition) is 1. The maximum atomic E-state index is 5.81. The van der Waals surface area contributed by atoms with Crippen LogP contribution in [0, 0.1) is 5.92 Å². The van der Waals surface area contributed by atoms with Crippen molar-refractivity contribution in [2.75, 3.05) is 17.7 Å². The van der Waals surface area contributed by atoms with Crippen LogP contribution >= 0.6 is 0 Å². The predicted octanol–water partition coefficient (Wildman–Crippen LogP) is 3.24. The predicted molar refractivity (Wildman–Crippen MR) is 99.2 cm³/mol. The van der Waals surface area contributed by atoms with Crippen molar-refractivity contribution in [1.82, 2.24) is 19.9 Å². The van der Waals surface area contributed by atoms with Crippen molar-refractivity contribution in [3.8, 4) is 11.3 Å². The van der Waals surface area contributed by atoms with Crippen LogP contribution in [0.5, 0.6) is 0 Å². The molecule has 4 rings (SSSR count). The highest BCUT2D eigenvalue weighted by Crippen LogP contribution is 2.35. The van der Waals surface area contributed by atoms with Crippen LogP contribution in [0.25, 0.3) is 11.3 Å². The number of anilines is 2. The molecule has 2 aromatic heterocycles. The monoisotopic (exact) mass is 338 g/mol. The van der Waals surface area contributed by atoms with E-state index in [0.717, 1.165) is 35.2 Å². The summed E-state index contributed by atoms with van der Waals surface area (Å²) in [5.74, 6) is 1.87. The van der Waals surface area contributed by atoms with Gasteiger partial charge in [-0.3, -0.25) is 0 Å². The van der Waals surface area contributed by atoms with Gasteiger partial charge in [-0.2, -0.15) is 0 Å². The third kappa shape index (κ3) is 3.72. The highest BCUT2D eigenvalue weighted by atomic mass is 15.2. The lowest BCUT2D eigenvalue weighted by Gasteiger charge is -2.31. The second-order valence-corrected chi connectivity index (χ2v) is 7.38. The van der Waals surface area contributed by atoms with Crippen LogP contribution in [0.1, 0.15) is 50.6 Å². The molecule has 2 N–H and O–H groups in total. The van der Waals surface area contributed by atoms with E-state index in [1.807, 2.05) is 18.5 Å². The Labute approximate surface area is 148 Å². The second kappa shape index (κ2) is 6.94. The fourth-order valence-electron chi connectivity index (χ4n) is 3.70. The van der Waals surface area contributed by atoms with E-state index in [0.29, 0.717) is 12.0 Å². The summed E-state index contributed by atoms with van der Waals surface area (Å²) in [6, 6.07) is 2.49. The van der Waals surface area contributed by atoms with Crippen LogP contribution in [-0.4, -0.2) is 33.0 Å². The van der Waals surface area contributed by atoms with Gasteiger partial charge in [0.2, 0.25) is 11.9 Å². The summed E-state index contributed by atoms with van der Waals surface area (Å²) in [5, 5.41) is 0. The molecule has 0 bridgehead atoms. The van der Waals surface area contributed by atoms with Crippen LogP contribution in [0.15, 0.2) is 18.5 Å². The number of aromatic nitrogens is 4. The summed E-state index contributed by atoms with van der Waals surface area (Å²) in [6.45, 7) is 0. The van der Waals surface area contributed by atoms with Gasteiger partial charge in [-0.25, -0.2) is 19.9 Å². The average molecular weight is 338 g/mol. The molecule has 2 aliphatic rings. The summed E-state index contributed by atoms with van der Waals surface area (Å²) in [5.41, 5.74) is 8.71. The van der Waals surface area contributed by atoms with Crippen LogP contribution in [-0.2, 0) is 6.42 Å². The SMILES string of the molecule is CN(c1nccc(-c2cnc(N)nc2CC2CC2)n1)C1CCCCC1. The van der Waals surface area contributed by atoms with Gasteiger partial charge < -0.3 is 10.6 Å². The summed E-state index contributed by atoms with van der Waals surface area (Å²) in [6.07, 6.45) is 13.6. The zero-order valence-corrected chi connectivity index (χ0v) is 14.9. The lowest BCUT2D eigenvalue weighted by Crippen LogP contribution is -2.34. The Bertz CT molecular complexity index is 736. The van der Waals surface area contributed by atoms with E-state index in [1.54, 1.807) is 0 Å². The molecule has 0 amide bonds. The minimum atomic E-state index is 0.341. The van der Waals surface area contributed by atoms with Crippen molar-refractivity contribution in [2.24, 2.45) is 5.92 Å². The van der Waals surface area contributed by atoms with E-state index in [2.05, 4.69) is 26.9 Å². The first-order valence-electron chi connectivity index (χ1n) is 9.38. The highest BCUT2D eigenvalue weighted by Gasteiger charge is 2.25. The van der Waals surface area contributed by atoms with E-state index >= 15 is 0 Å². The molecule has 0 aromatic carbocycles. The van der Waals surface area contributed by atoms with Crippen LogP contribution in [0.4, 0.5) is 11.9 Å². The number of hydrogen-bond acceptors (Lipinski definition) is 6. The third-order valence-corrected chi connectivity index (χ3v) is 5.42. The number of nitrogen functional groups attached to an aromatic ring is 1. The van der Waals surface area contributed by atoms with Crippen molar-refractivity contribution in [3.63, 3.8) is 0 Å². The molecule has 0 atom stereocenters. The summed E-state index contributed by atoms with van der Waals surface area (Å²) in [7, 11) is 2.11. The van der Waals surface area contributed by atoms with E-state index in [1.165, 1.54) is 44.9 Å². The van der Waals surface area contributed by atoms with E-state index in [-0.39, 0.29) is 0 Å². The lowest BCUT2D eigenvalue weighted by molar-refractivity contribution is 0.424. The molecule has 6 nitrogen and oxygen atoms in total. The van der Waals surface area contributed by atoms with Gasteiger partial charge in [-0.1, -0.05) is 19.3 Å². The summed E-state index contributed by atoms with van der Waals surface area (Å²) < 4.78 is 0. The quantitative estimate of drug-likeness (QED) is 0.901. The maximum Gasteiger partial charge on any atom is 0.225 e. The Morgan fingerprint density at radius 2 is 1.88 bits per heavy atom. The van der Waals surface area contributed by atoms with Gasteiger partial charge in [0.25, 0.3) is 0 Å². The van der Waals surface area contributed by atoms with Gasteiger partial charge in [-0.05, 0) is 44.1 Å². The molecule has 0 radical (unpaired) electrons. The van der Waals surface area contributed by atoms with E-state index in [4.69, 9.17) is 10.7 Å². The first kappa shape index (κ1) is 16.2. The van der Waals surface area contributed by atoms with Crippen LogP contribution < -0.4 is 10.6 Å². The Kier molecular flexibility index (Phi) is 4.51. The maximum absolute atomic E-state index is 5.81. The molecule has 2 heterocycles. The lowest BCUT2D eigenvalue weighted by atomic mass is 9.95. The number of rotatable bonds is 5. The largest absolute Gasteiger partial charge is 0.368 e. The van der Waals surface area contributed by atoms with Gasteiger partial charge >= 0.3 is 0 Å². The first-order chi connectivity index (χ1) is 12.2. The van der Waals surface area contributed by atoms with Gasteiger partial charge in [0.1, 0.15) is 0 Å². The molecule has 0 spiro atoms. The molecule has 132 valence electrons. The van der Waals surface area contributed by atoms with E-state index < -0.39 is 0 Å². The van der Waals surface area contributed by atoms with Gasteiger partial charge in [0.15, 0.2) is 0 Å². The van der Waals surface area contributed by atoms with Crippen LogP contribution in [0.3, 0.4) is 0 Å². The summed E-state index contributed by atoms with van der Waals surface area (Å²) in [4.78, 5) is 20.3. The molecule has 6 heteroatoms. The van der Waals surface area contributed by atoms with Gasteiger partial charge in [0.05, 0.1) is 11.4 Å². The molecule has 0 aliphatic heterocycles. The fourth-order valence-corrected chi connectivity index (χ4v) is 3.70. The molecular weight excluding hydrogens is 312 g/mol. The third-order valence-electron chi connectivity index (χ3n) is 5.42. The second-order valence-electron chi connectivity index (χ2n) is 7.38. The van der Waals surface area contributed by atoms with Gasteiger partial charge in [0, 0.05) is 31.0 Å². The van der Waals surface area contributed by atoms with Crippen LogP contribution in [0.2, 0.25) is 0 Å². The number of nitrogens with zero attached hydrogens (tertiary/aromatic N) is 5. The molecule has 2 fully saturated rings. The van der Waals surface area contributed by atoms with E-state index in [9.17, 15) is 0 Å². The average Bonchev–Trinajstić information content (AvgIpc) is 3.46. The topological polar surface area (TPSA) is 80.8 Å². The van der Waals surface area contributed by atoms with Crippen molar-refractivity contribution in [2.45, 2.75) is 57.4 Å². The summed E-state index contributed by atoms with van der Waals surface area (Å²) >= 11 is 0. The number of nitrogens with two attached hydrogens (primary N) is 1. The fraction of sp³-hybridized carbons (Fsp3) is 0.579. The zero-order valence-electron chi connectivity index (χ0n) is 14.9. The molecule has 2 aliphatic carbocycles. The molecule has 25 heavy (non-hydrogen) atoms. The van der Waals surface area contributed by atoms with Crippen molar-refractivity contribution < 1.29 is 0 Å². The normalized spacial score (nSPS) is 18.3. The Balaban J connectivity index is 1.62. The molecule has 0 unspecified atom stereocenters. The zero-order chi connectivity index (χ0) is 17.2. The van der Waals surface area contributed by atoms with Crippen molar-refractivity contribution >= 4 is 11.9 Å². The minimum Gasteiger partial charge on any atom is -0.368 e. The van der Waals surface area contributed by atoms with Crippen molar-refractivity contribution in [3.05, 3.63) is 24.2 Å². The first-order valence-corrected chi connectivity index (χ1v) is 9.38.